The van der Waals surface area contributed by atoms with Crippen molar-refractivity contribution in [2.24, 2.45) is 11.8 Å². The second-order valence-electron chi connectivity index (χ2n) is 8.21. The number of fused-ring (bicyclic) bond motifs is 5. The van der Waals surface area contributed by atoms with Gasteiger partial charge in [-0.05, 0) is 41.8 Å². The molecular formula is C24H24N2O6. The number of amides is 2. The molecule has 2 saturated heterocycles. The number of methoxy groups -OCH3 is 3. The van der Waals surface area contributed by atoms with Crippen LogP contribution >= 0.6 is 0 Å². The van der Waals surface area contributed by atoms with Gasteiger partial charge in [0.05, 0.1) is 38.9 Å². The lowest BCUT2D eigenvalue weighted by Gasteiger charge is -2.37. The third-order valence-electron chi connectivity index (χ3n) is 6.85. The Labute approximate surface area is 185 Å². The first-order valence-electron chi connectivity index (χ1n) is 10.5. The van der Waals surface area contributed by atoms with Gasteiger partial charge in [-0.2, -0.15) is 0 Å². The molecule has 2 amide bonds. The first-order chi connectivity index (χ1) is 15.5. The minimum Gasteiger partial charge on any atom is -0.493 e. The van der Waals surface area contributed by atoms with Crippen LogP contribution in [0.5, 0.6) is 11.5 Å². The Balaban J connectivity index is 1.66. The van der Waals surface area contributed by atoms with Gasteiger partial charge in [0.1, 0.15) is 6.04 Å². The summed E-state index contributed by atoms with van der Waals surface area (Å²) < 4.78 is 16.0. The van der Waals surface area contributed by atoms with E-state index < -0.39 is 29.9 Å². The van der Waals surface area contributed by atoms with Gasteiger partial charge in [-0.15, -0.1) is 0 Å². The Hall–Kier alpha value is -3.39. The maximum atomic E-state index is 13.7. The topological polar surface area (TPSA) is 85.4 Å². The minimum atomic E-state index is -0.818. The van der Waals surface area contributed by atoms with Gasteiger partial charge in [0.25, 0.3) is 0 Å². The van der Waals surface area contributed by atoms with Crippen molar-refractivity contribution < 1.29 is 28.6 Å². The van der Waals surface area contributed by atoms with Crippen LogP contribution in [0.3, 0.4) is 0 Å². The van der Waals surface area contributed by atoms with Gasteiger partial charge < -0.3 is 14.2 Å². The zero-order valence-corrected chi connectivity index (χ0v) is 18.1. The van der Waals surface area contributed by atoms with E-state index in [4.69, 9.17) is 14.2 Å². The highest BCUT2D eigenvalue weighted by Crippen LogP contribution is 2.54. The van der Waals surface area contributed by atoms with E-state index in [1.54, 1.807) is 38.5 Å². The number of rotatable bonds is 4. The molecule has 3 aliphatic rings. The van der Waals surface area contributed by atoms with E-state index in [2.05, 4.69) is 0 Å². The molecule has 3 aliphatic heterocycles. The Morgan fingerprint density at radius 3 is 2.25 bits per heavy atom. The summed E-state index contributed by atoms with van der Waals surface area (Å²) >= 11 is 0. The van der Waals surface area contributed by atoms with Crippen LogP contribution in [0, 0.1) is 11.8 Å². The lowest BCUT2D eigenvalue weighted by Crippen LogP contribution is -2.48. The molecule has 0 radical (unpaired) electrons. The summed E-state index contributed by atoms with van der Waals surface area (Å²) in [6.45, 7) is 0.534. The highest BCUT2D eigenvalue weighted by molar-refractivity contribution is 6.23. The highest BCUT2D eigenvalue weighted by atomic mass is 16.5. The van der Waals surface area contributed by atoms with Crippen LogP contribution in [0.2, 0.25) is 0 Å². The van der Waals surface area contributed by atoms with E-state index in [0.717, 1.165) is 11.1 Å². The molecule has 2 aromatic carbocycles. The van der Waals surface area contributed by atoms with Crippen LogP contribution in [0.1, 0.15) is 17.2 Å². The maximum Gasteiger partial charge on any atom is 0.323 e. The monoisotopic (exact) mass is 436 g/mol. The lowest BCUT2D eigenvalue weighted by molar-refractivity contribution is -0.149. The average molecular weight is 436 g/mol. The molecule has 32 heavy (non-hydrogen) atoms. The summed E-state index contributed by atoms with van der Waals surface area (Å²) in [5, 5.41) is 0. The third kappa shape index (κ3) is 2.75. The second-order valence-corrected chi connectivity index (χ2v) is 8.21. The second kappa shape index (κ2) is 7.63. The molecule has 8 heteroatoms. The quantitative estimate of drug-likeness (QED) is 0.535. The van der Waals surface area contributed by atoms with Gasteiger partial charge in [0.2, 0.25) is 11.8 Å². The Morgan fingerprint density at radius 1 is 0.938 bits per heavy atom. The molecule has 0 spiro atoms. The van der Waals surface area contributed by atoms with Gasteiger partial charge in [-0.25, -0.2) is 4.90 Å². The summed E-state index contributed by atoms with van der Waals surface area (Å²) in [5.74, 6) is -1.50. The number of esters is 1. The molecule has 0 aliphatic carbocycles. The molecule has 0 unspecified atom stereocenters. The van der Waals surface area contributed by atoms with E-state index in [0.29, 0.717) is 30.2 Å². The van der Waals surface area contributed by atoms with E-state index in [1.165, 1.54) is 12.0 Å². The molecule has 3 heterocycles. The van der Waals surface area contributed by atoms with Crippen molar-refractivity contribution in [3.05, 3.63) is 53.6 Å². The van der Waals surface area contributed by atoms with Crippen molar-refractivity contribution in [2.75, 3.05) is 32.8 Å². The zero-order chi connectivity index (χ0) is 22.6. The largest absolute Gasteiger partial charge is 0.493 e. The first-order valence-corrected chi connectivity index (χ1v) is 10.5. The third-order valence-corrected chi connectivity index (χ3v) is 6.85. The van der Waals surface area contributed by atoms with Crippen LogP contribution < -0.4 is 14.4 Å². The van der Waals surface area contributed by atoms with Gasteiger partial charge in [0, 0.05) is 12.6 Å². The predicted molar refractivity (Wildman–Crippen MR) is 114 cm³/mol. The molecule has 0 N–H and O–H groups in total. The van der Waals surface area contributed by atoms with Crippen molar-refractivity contribution in [2.45, 2.75) is 18.5 Å². The number of hydrogen-bond donors (Lipinski definition) is 0. The SMILES string of the molecule is COC(=O)[C@@H]1[C@H]2C(=O)N(c3ccccc3)C(=O)[C@H]2[C@H]2c3cc(OC)c(OC)cc3CCN12. The minimum absolute atomic E-state index is 0.296. The maximum absolute atomic E-state index is 13.7. The van der Waals surface area contributed by atoms with Crippen molar-refractivity contribution in [3.8, 4) is 11.5 Å². The standard InChI is InChI=1S/C24H24N2O6/c1-30-16-11-13-9-10-25-20(15(13)12-17(16)31-2)18-19(21(25)24(29)32-3)23(28)26(22(18)27)14-7-5-4-6-8-14/h4-8,11-12,18-21H,9-10H2,1-3H3/t18-,19+,20-,21+/m1/s1. The summed E-state index contributed by atoms with van der Waals surface area (Å²) in [7, 11) is 4.45. The number of carbonyl (C=O) groups is 3. The number of carbonyl (C=O) groups excluding carboxylic acids is 3. The van der Waals surface area contributed by atoms with Crippen molar-refractivity contribution in [1.29, 1.82) is 0 Å². The molecule has 5 rings (SSSR count). The fourth-order valence-electron chi connectivity index (χ4n) is 5.53. The summed E-state index contributed by atoms with van der Waals surface area (Å²) in [5.41, 5.74) is 2.41. The van der Waals surface area contributed by atoms with Gasteiger partial charge in [-0.3, -0.25) is 19.3 Å². The number of hydrogen-bond acceptors (Lipinski definition) is 7. The van der Waals surface area contributed by atoms with Crippen LogP contribution in [0.15, 0.2) is 42.5 Å². The number of benzene rings is 2. The van der Waals surface area contributed by atoms with Crippen LogP contribution in [-0.4, -0.2) is 56.6 Å². The number of ether oxygens (including phenoxy) is 3. The molecule has 2 aromatic rings. The number of para-hydroxylation sites is 1. The summed E-state index contributed by atoms with van der Waals surface area (Å²) in [6.07, 6.45) is 0.657. The Kier molecular flexibility index (Phi) is 4.89. The summed E-state index contributed by atoms with van der Waals surface area (Å²) in [6, 6.07) is 11.4. The highest BCUT2D eigenvalue weighted by Gasteiger charge is 2.65. The normalized spacial score (nSPS) is 26.4. The van der Waals surface area contributed by atoms with Crippen LogP contribution in [0.25, 0.3) is 0 Å². The number of anilines is 1. The molecule has 8 nitrogen and oxygen atoms in total. The smallest absolute Gasteiger partial charge is 0.323 e. The Bertz CT molecular complexity index is 1100. The van der Waals surface area contributed by atoms with Crippen LogP contribution in [0.4, 0.5) is 5.69 Å². The molecular weight excluding hydrogens is 412 g/mol. The van der Waals surface area contributed by atoms with Crippen molar-refractivity contribution in [3.63, 3.8) is 0 Å². The van der Waals surface area contributed by atoms with Crippen LogP contribution in [-0.2, 0) is 25.5 Å². The van der Waals surface area contributed by atoms with Gasteiger partial charge in [-0.1, -0.05) is 18.2 Å². The molecule has 0 aromatic heterocycles. The van der Waals surface area contributed by atoms with E-state index in [-0.39, 0.29) is 11.8 Å². The zero-order valence-electron chi connectivity index (χ0n) is 18.1. The average Bonchev–Trinajstić information content (AvgIpc) is 3.30. The number of nitrogens with zero attached hydrogens (tertiary/aromatic N) is 2. The Morgan fingerprint density at radius 2 is 1.59 bits per heavy atom. The molecule has 2 fully saturated rings. The van der Waals surface area contributed by atoms with Gasteiger partial charge >= 0.3 is 5.97 Å². The lowest BCUT2D eigenvalue weighted by atomic mass is 9.83. The van der Waals surface area contributed by atoms with Crippen molar-refractivity contribution >= 4 is 23.5 Å². The van der Waals surface area contributed by atoms with E-state index in [1.807, 2.05) is 23.1 Å². The predicted octanol–water partition coefficient (Wildman–Crippen LogP) is 1.96. The van der Waals surface area contributed by atoms with Gasteiger partial charge in [0.15, 0.2) is 11.5 Å². The van der Waals surface area contributed by atoms with E-state index >= 15 is 0 Å². The molecule has 0 bridgehead atoms. The summed E-state index contributed by atoms with van der Waals surface area (Å²) in [4.78, 5) is 43.2. The fourth-order valence-corrected chi connectivity index (χ4v) is 5.53. The molecule has 4 atom stereocenters. The van der Waals surface area contributed by atoms with Crippen molar-refractivity contribution in [1.82, 2.24) is 4.90 Å². The fraction of sp³-hybridized carbons (Fsp3) is 0.375. The van der Waals surface area contributed by atoms with E-state index in [9.17, 15) is 14.4 Å². The molecule has 166 valence electrons. The molecule has 0 saturated carbocycles. The first kappa shape index (κ1) is 20.5. The number of imide groups is 1.